The van der Waals surface area contributed by atoms with Crippen LogP contribution in [-0.2, 0) is 9.53 Å². The van der Waals surface area contributed by atoms with Gasteiger partial charge < -0.3 is 15.8 Å². The normalized spacial score (nSPS) is 10.6. The predicted octanol–water partition coefficient (Wildman–Crippen LogP) is 2.71. The first-order valence-corrected chi connectivity index (χ1v) is 8.10. The topological polar surface area (TPSA) is 98.5 Å². The highest BCUT2D eigenvalue weighted by molar-refractivity contribution is 7.18. The van der Waals surface area contributed by atoms with Gasteiger partial charge in [-0.15, -0.1) is 11.3 Å². The number of carbonyl (C=O) groups is 3. The number of primary amides is 1. The van der Waals surface area contributed by atoms with Crippen molar-refractivity contribution in [2.45, 2.75) is 40.5 Å². The average molecular weight is 326 g/mol. The Kier molecular flexibility index (Phi) is 6.55. The monoisotopic (exact) mass is 326 g/mol. The van der Waals surface area contributed by atoms with Crippen molar-refractivity contribution in [3.63, 3.8) is 0 Å². The Bertz CT molecular complexity index is 576. The third kappa shape index (κ3) is 3.85. The van der Waals surface area contributed by atoms with E-state index in [1.165, 1.54) is 0 Å². The number of amides is 2. The van der Waals surface area contributed by atoms with Crippen LogP contribution in [0.4, 0.5) is 5.00 Å². The van der Waals surface area contributed by atoms with Gasteiger partial charge in [-0.3, -0.25) is 9.59 Å². The summed E-state index contributed by atoms with van der Waals surface area (Å²) in [6.07, 6.45) is 1.40. The van der Waals surface area contributed by atoms with E-state index in [0.717, 1.165) is 11.3 Å². The highest BCUT2D eigenvalue weighted by atomic mass is 32.1. The molecule has 7 heteroatoms. The Morgan fingerprint density at radius 2 is 1.82 bits per heavy atom. The number of ether oxygens (including phenoxy) is 1. The number of nitrogens with two attached hydrogens (primary N) is 1. The lowest BCUT2D eigenvalue weighted by atomic mass is 10.0. The van der Waals surface area contributed by atoms with E-state index in [1.54, 1.807) is 13.8 Å². The molecule has 1 aromatic rings. The molecule has 0 aliphatic rings. The molecule has 0 bridgehead atoms. The van der Waals surface area contributed by atoms with E-state index >= 15 is 0 Å². The summed E-state index contributed by atoms with van der Waals surface area (Å²) in [7, 11) is 0. The molecule has 1 aromatic heterocycles. The second kappa shape index (κ2) is 7.93. The molecule has 122 valence electrons. The van der Waals surface area contributed by atoms with Gasteiger partial charge in [0.1, 0.15) is 5.00 Å². The molecule has 0 radical (unpaired) electrons. The van der Waals surface area contributed by atoms with Crippen LogP contribution in [0.1, 0.15) is 59.2 Å². The molecule has 0 aliphatic carbocycles. The van der Waals surface area contributed by atoms with E-state index in [1.807, 2.05) is 13.8 Å². The maximum atomic E-state index is 12.2. The van der Waals surface area contributed by atoms with Crippen molar-refractivity contribution < 1.29 is 19.1 Å². The zero-order valence-corrected chi connectivity index (χ0v) is 14.1. The van der Waals surface area contributed by atoms with Gasteiger partial charge in [0, 0.05) is 5.92 Å². The van der Waals surface area contributed by atoms with Crippen LogP contribution in [0, 0.1) is 12.8 Å². The van der Waals surface area contributed by atoms with Gasteiger partial charge in [0.05, 0.1) is 17.0 Å². The van der Waals surface area contributed by atoms with Crippen molar-refractivity contribution in [3.05, 3.63) is 16.0 Å². The lowest BCUT2D eigenvalue weighted by Gasteiger charge is -2.12. The Morgan fingerprint density at radius 3 is 2.27 bits per heavy atom. The molecule has 0 fully saturated rings. The van der Waals surface area contributed by atoms with Crippen molar-refractivity contribution >= 4 is 34.1 Å². The molecular formula is C15H22N2O4S. The Morgan fingerprint density at radius 1 is 1.23 bits per heavy atom. The van der Waals surface area contributed by atoms with Gasteiger partial charge >= 0.3 is 5.97 Å². The molecular weight excluding hydrogens is 304 g/mol. The number of nitrogens with one attached hydrogen (secondary N) is 1. The minimum Gasteiger partial charge on any atom is -0.462 e. The van der Waals surface area contributed by atoms with E-state index < -0.39 is 11.9 Å². The standard InChI is InChI=1S/C15H22N2O4S/c1-5-9(6-2)13(19)17-14-10(15(20)21-7-3)8(4)11(22-14)12(16)18/h9H,5-7H2,1-4H3,(H2,16,18)(H,17,19). The largest absolute Gasteiger partial charge is 0.462 e. The van der Waals surface area contributed by atoms with Crippen LogP contribution >= 0.6 is 11.3 Å². The Balaban J connectivity index is 3.22. The lowest BCUT2D eigenvalue weighted by Crippen LogP contribution is -2.22. The van der Waals surface area contributed by atoms with E-state index in [-0.39, 0.29) is 28.9 Å². The minimum absolute atomic E-state index is 0.144. The fraction of sp³-hybridized carbons (Fsp3) is 0.533. The molecule has 22 heavy (non-hydrogen) atoms. The quantitative estimate of drug-likeness (QED) is 0.753. The number of esters is 1. The number of hydrogen-bond acceptors (Lipinski definition) is 5. The number of anilines is 1. The maximum absolute atomic E-state index is 12.2. The summed E-state index contributed by atoms with van der Waals surface area (Å²) in [5.41, 5.74) is 5.97. The zero-order valence-electron chi connectivity index (χ0n) is 13.3. The molecule has 2 amide bonds. The molecule has 1 rings (SSSR count). The molecule has 0 spiro atoms. The van der Waals surface area contributed by atoms with Crippen LogP contribution in [0.3, 0.4) is 0 Å². The summed E-state index contributed by atoms with van der Waals surface area (Å²) < 4.78 is 5.00. The van der Waals surface area contributed by atoms with Crippen LogP contribution in [0.2, 0.25) is 0 Å². The molecule has 0 unspecified atom stereocenters. The van der Waals surface area contributed by atoms with Gasteiger partial charge in [-0.2, -0.15) is 0 Å². The summed E-state index contributed by atoms with van der Waals surface area (Å²) >= 11 is 1.01. The summed E-state index contributed by atoms with van der Waals surface area (Å²) in [6.45, 7) is 7.37. The average Bonchev–Trinajstić information content (AvgIpc) is 2.77. The van der Waals surface area contributed by atoms with Crippen LogP contribution < -0.4 is 11.1 Å². The fourth-order valence-electron chi connectivity index (χ4n) is 2.16. The van der Waals surface area contributed by atoms with Crippen molar-refractivity contribution in [2.75, 3.05) is 11.9 Å². The summed E-state index contributed by atoms with van der Waals surface area (Å²) in [4.78, 5) is 36.0. The fourth-order valence-corrected chi connectivity index (χ4v) is 3.21. The van der Waals surface area contributed by atoms with Crippen LogP contribution in [0.25, 0.3) is 0 Å². The number of thiophene rings is 1. The van der Waals surface area contributed by atoms with E-state index in [9.17, 15) is 14.4 Å². The van der Waals surface area contributed by atoms with Crippen LogP contribution in [0.15, 0.2) is 0 Å². The summed E-state index contributed by atoms with van der Waals surface area (Å²) in [6, 6.07) is 0. The molecule has 0 aliphatic heterocycles. The highest BCUT2D eigenvalue weighted by Gasteiger charge is 2.26. The van der Waals surface area contributed by atoms with Crippen molar-refractivity contribution in [1.29, 1.82) is 0 Å². The van der Waals surface area contributed by atoms with Crippen molar-refractivity contribution in [1.82, 2.24) is 0 Å². The van der Waals surface area contributed by atoms with E-state index in [0.29, 0.717) is 23.4 Å². The Labute approximate surface area is 134 Å². The number of carbonyl (C=O) groups excluding carboxylic acids is 3. The molecule has 3 N–H and O–H groups in total. The molecule has 0 aromatic carbocycles. The third-order valence-electron chi connectivity index (χ3n) is 3.44. The lowest BCUT2D eigenvalue weighted by molar-refractivity contribution is -0.120. The first kappa shape index (κ1) is 18.2. The van der Waals surface area contributed by atoms with Gasteiger partial charge in [-0.25, -0.2) is 4.79 Å². The third-order valence-corrected chi connectivity index (χ3v) is 4.67. The van der Waals surface area contributed by atoms with Gasteiger partial charge in [0.25, 0.3) is 5.91 Å². The second-order valence-corrected chi connectivity index (χ2v) is 5.87. The van der Waals surface area contributed by atoms with Crippen molar-refractivity contribution in [3.8, 4) is 0 Å². The maximum Gasteiger partial charge on any atom is 0.341 e. The van der Waals surface area contributed by atoms with Crippen LogP contribution in [0.5, 0.6) is 0 Å². The number of rotatable bonds is 7. The predicted molar refractivity (Wildman–Crippen MR) is 86.2 cm³/mol. The van der Waals surface area contributed by atoms with Crippen molar-refractivity contribution in [2.24, 2.45) is 11.7 Å². The number of hydrogen-bond donors (Lipinski definition) is 2. The molecule has 6 nitrogen and oxygen atoms in total. The van der Waals surface area contributed by atoms with E-state index in [4.69, 9.17) is 10.5 Å². The first-order chi connectivity index (χ1) is 10.4. The zero-order chi connectivity index (χ0) is 16.9. The second-order valence-electron chi connectivity index (χ2n) is 4.85. The van der Waals surface area contributed by atoms with Gasteiger partial charge in [-0.1, -0.05) is 13.8 Å². The first-order valence-electron chi connectivity index (χ1n) is 7.28. The minimum atomic E-state index is -0.629. The molecule has 0 atom stereocenters. The van der Waals surface area contributed by atoms with E-state index in [2.05, 4.69) is 5.32 Å². The highest BCUT2D eigenvalue weighted by Crippen LogP contribution is 2.34. The molecule has 1 heterocycles. The van der Waals surface area contributed by atoms with Gasteiger partial charge in [0.2, 0.25) is 5.91 Å². The Hall–Kier alpha value is -1.89. The van der Waals surface area contributed by atoms with Gasteiger partial charge in [0.15, 0.2) is 0 Å². The molecule has 0 saturated carbocycles. The van der Waals surface area contributed by atoms with Crippen LogP contribution in [-0.4, -0.2) is 24.4 Å². The molecule has 0 saturated heterocycles. The smallest absolute Gasteiger partial charge is 0.341 e. The summed E-state index contributed by atoms with van der Waals surface area (Å²) in [5.74, 6) is -1.51. The SMILES string of the molecule is CCOC(=O)c1c(NC(=O)C(CC)CC)sc(C(N)=O)c1C. The van der Waals surface area contributed by atoms with Gasteiger partial charge in [-0.05, 0) is 32.3 Å². The summed E-state index contributed by atoms with van der Waals surface area (Å²) in [5, 5.41) is 3.06.